The number of ether oxygens (including phenoxy) is 1. The molecule has 0 saturated carbocycles. The first-order valence-electron chi connectivity index (χ1n) is 9.32. The average Bonchev–Trinajstić information content (AvgIpc) is 2.62. The van der Waals surface area contributed by atoms with Crippen molar-refractivity contribution in [3.8, 4) is 0 Å². The molecule has 0 atom stereocenters. The number of anilines is 1. The van der Waals surface area contributed by atoms with Crippen LogP contribution in [0, 0.1) is 0 Å². The summed E-state index contributed by atoms with van der Waals surface area (Å²) in [5.74, 6) is 1.34. The van der Waals surface area contributed by atoms with E-state index in [1.807, 2.05) is 23.9 Å². The second-order valence-corrected chi connectivity index (χ2v) is 10.6. The maximum atomic E-state index is 12.4. The Balaban J connectivity index is 0.00000240. The van der Waals surface area contributed by atoms with Gasteiger partial charge >= 0.3 is 0 Å². The average molecular weight is 441 g/mol. The SMILES string of the molecule is C.CS(=O)(=O)N1CC(Nc2ccc3c(=O)[nH]c(CSC4CCOCC4)nc3c2)C1. The van der Waals surface area contributed by atoms with E-state index in [2.05, 4.69) is 15.3 Å². The quantitative estimate of drug-likeness (QED) is 0.708. The highest BCUT2D eigenvalue weighted by Gasteiger charge is 2.32. The van der Waals surface area contributed by atoms with Crippen molar-refractivity contribution in [2.24, 2.45) is 0 Å². The Morgan fingerprint density at radius 1 is 1.31 bits per heavy atom. The summed E-state index contributed by atoms with van der Waals surface area (Å²) in [6.07, 6.45) is 3.28. The number of thioether (sulfide) groups is 1. The van der Waals surface area contributed by atoms with Gasteiger partial charge in [0.25, 0.3) is 5.56 Å². The van der Waals surface area contributed by atoms with Gasteiger partial charge < -0.3 is 15.0 Å². The van der Waals surface area contributed by atoms with Gasteiger partial charge in [0.1, 0.15) is 5.82 Å². The van der Waals surface area contributed by atoms with Crippen LogP contribution in [0.15, 0.2) is 23.0 Å². The van der Waals surface area contributed by atoms with Crippen molar-refractivity contribution in [2.45, 2.75) is 37.3 Å². The summed E-state index contributed by atoms with van der Waals surface area (Å²) in [4.78, 5) is 19.9. The molecule has 2 aliphatic rings. The highest BCUT2D eigenvalue weighted by Crippen LogP contribution is 2.25. The molecular formula is C19H28N4O4S2. The van der Waals surface area contributed by atoms with Crippen LogP contribution in [-0.4, -0.2) is 66.5 Å². The van der Waals surface area contributed by atoms with Crippen molar-refractivity contribution in [1.29, 1.82) is 0 Å². The third-order valence-corrected chi connectivity index (χ3v) is 7.69. The molecule has 0 bridgehead atoms. The molecule has 0 spiro atoms. The molecule has 2 aromatic rings. The van der Waals surface area contributed by atoms with Crippen molar-refractivity contribution < 1.29 is 13.2 Å². The fourth-order valence-corrected chi connectivity index (χ4v) is 5.38. The third-order valence-electron chi connectivity index (χ3n) is 5.07. The largest absolute Gasteiger partial charge is 0.381 e. The van der Waals surface area contributed by atoms with Crippen LogP contribution in [0.4, 0.5) is 5.69 Å². The van der Waals surface area contributed by atoms with Crippen molar-refractivity contribution >= 4 is 38.4 Å². The first-order valence-corrected chi connectivity index (χ1v) is 12.2. The molecule has 1 aromatic heterocycles. The molecule has 0 radical (unpaired) electrons. The molecule has 2 saturated heterocycles. The molecule has 3 heterocycles. The van der Waals surface area contributed by atoms with E-state index in [9.17, 15) is 13.2 Å². The van der Waals surface area contributed by atoms with Gasteiger partial charge in [-0.25, -0.2) is 13.4 Å². The first kappa shape index (κ1) is 22.1. The molecule has 1 aromatic carbocycles. The smallest absolute Gasteiger partial charge is 0.258 e. The van der Waals surface area contributed by atoms with E-state index in [1.54, 1.807) is 6.07 Å². The van der Waals surface area contributed by atoms with Crippen LogP contribution in [0.2, 0.25) is 0 Å². The predicted octanol–water partition coefficient (Wildman–Crippen LogP) is 2.03. The Labute approximate surface area is 175 Å². The lowest BCUT2D eigenvalue weighted by Crippen LogP contribution is -2.56. The van der Waals surface area contributed by atoms with Gasteiger partial charge in [-0.15, -0.1) is 0 Å². The Morgan fingerprint density at radius 2 is 2.03 bits per heavy atom. The predicted molar refractivity (Wildman–Crippen MR) is 118 cm³/mol. The molecule has 2 N–H and O–H groups in total. The highest BCUT2D eigenvalue weighted by atomic mass is 32.2. The lowest BCUT2D eigenvalue weighted by molar-refractivity contribution is 0.1000. The molecule has 2 aliphatic heterocycles. The van der Waals surface area contributed by atoms with Crippen LogP contribution in [0.1, 0.15) is 26.1 Å². The molecule has 160 valence electrons. The zero-order chi connectivity index (χ0) is 19.7. The lowest BCUT2D eigenvalue weighted by atomic mass is 10.1. The van der Waals surface area contributed by atoms with E-state index in [-0.39, 0.29) is 19.0 Å². The van der Waals surface area contributed by atoms with E-state index >= 15 is 0 Å². The fraction of sp³-hybridized carbons (Fsp3) is 0.579. The van der Waals surface area contributed by atoms with Gasteiger partial charge in [-0.2, -0.15) is 16.1 Å². The summed E-state index contributed by atoms with van der Waals surface area (Å²) in [7, 11) is -3.13. The Hall–Kier alpha value is -1.62. The maximum Gasteiger partial charge on any atom is 0.258 e. The molecule has 29 heavy (non-hydrogen) atoms. The summed E-state index contributed by atoms with van der Waals surface area (Å²) >= 11 is 1.81. The van der Waals surface area contributed by atoms with Crippen molar-refractivity contribution in [3.05, 3.63) is 34.4 Å². The van der Waals surface area contributed by atoms with Crippen LogP contribution in [0.25, 0.3) is 10.9 Å². The number of H-pyrrole nitrogens is 1. The third kappa shape index (κ3) is 5.30. The van der Waals surface area contributed by atoms with Crippen molar-refractivity contribution in [3.63, 3.8) is 0 Å². The number of sulfonamides is 1. The van der Waals surface area contributed by atoms with Gasteiger partial charge in [-0.1, -0.05) is 7.43 Å². The van der Waals surface area contributed by atoms with Crippen molar-refractivity contribution in [2.75, 3.05) is 37.9 Å². The molecule has 0 unspecified atom stereocenters. The summed E-state index contributed by atoms with van der Waals surface area (Å²) in [5.41, 5.74) is 1.36. The van der Waals surface area contributed by atoms with Gasteiger partial charge in [-0.3, -0.25) is 4.79 Å². The molecule has 4 rings (SSSR count). The molecule has 2 fully saturated rings. The maximum absolute atomic E-state index is 12.4. The second-order valence-electron chi connectivity index (χ2n) is 7.29. The first-order chi connectivity index (χ1) is 13.4. The number of rotatable bonds is 6. The topological polar surface area (TPSA) is 104 Å². The molecule has 0 aliphatic carbocycles. The Morgan fingerprint density at radius 3 is 2.72 bits per heavy atom. The van der Waals surface area contributed by atoms with Crippen LogP contribution in [-0.2, 0) is 20.5 Å². The number of benzene rings is 1. The van der Waals surface area contributed by atoms with E-state index < -0.39 is 10.0 Å². The normalized spacial score (nSPS) is 18.9. The number of hydrogen-bond acceptors (Lipinski definition) is 7. The van der Waals surface area contributed by atoms with Gasteiger partial charge in [0.2, 0.25) is 10.0 Å². The number of fused-ring (bicyclic) bond motifs is 1. The van der Waals surface area contributed by atoms with Crippen LogP contribution < -0.4 is 10.9 Å². The molecule has 8 nitrogen and oxygen atoms in total. The number of nitrogens with one attached hydrogen (secondary N) is 2. The Bertz CT molecular complexity index is 1010. The van der Waals surface area contributed by atoms with Crippen LogP contribution in [0.3, 0.4) is 0 Å². The summed E-state index contributed by atoms with van der Waals surface area (Å²) < 4.78 is 29.8. The van der Waals surface area contributed by atoms with Gasteiger partial charge in [-0.05, 0) is 31.0 Å². The number of aromatic nitrogens is 2. The summed E-state index contributed by atoms with van der Waals surface area (Å²) in [6.45, 7) is 2.50. The second kappa shape index (κ2) is 9.03. The standard InChI is InChI=1S/C18H24N4O4S2.CH4/c1-28(24,25)22-9-13(10-22)19-12-2-3-15-16(8-12)20-17(21-18(15)23)11-27-14-4-6-26-7-5-14;/h2-3,8,13-14,19H,4-7,9-11H2,1H3,(H,20,21,23);1H4. The number of nitrogens with zero attached hydrogens (tertiary/aromatic N) is 2. The monoisotopic (exact) mass is 440 g/mol. The molecule has 10 heteroatoms. The van der Waals surface area contributed by atoms with Gasteiger partial charge in [0.15, 0.2) is 0 Å². The van der Waals surface area contributed by atoms with Crippen molar-refractivity contribution in [1.82, 2.24) is 14.3 Å². The lowest BCUT2D eigenvalue weighted by Gasteiger charge is -2.38. The van der Waals surface area contributed by atoms with E-state index in [0.29, 0.717) is 40.8 Å². The van der Waals surface area contributed by atoms with E-state index in [1.165, 1.54) is 10.6 Å². The zero-order valence-electron chi connectivity index (χ0n) is 15.7. The summed E-state index contributed by atoms with van der Waals surface area (Å²) in [5, 5.41) is 4.41. The van der Waals surface area contributed by atoms with E-state index in [0.717, 1.165) is 31.7 Å². The van der Waals surface area contributed by atoms with Crippen LogP contribution in [0.5, 0.6) is 0 Å². The summed E-state index contributed by atoms with van der Waals surface area (Å²) in [6, 6.07) is 5.51. The van der Waals surface area contributed by atoms with Gasteiger partial charge in [0, 0.05) is 37.2 Å². The number of hydrogen-bond donors (Lipinski definition) is 2. The number of aromatic amines is 1. The minimum absolute atomic E-state index is 0. The molecular weight excluding hydrogens is 412 g/mol. The van der Waals surface area contributed by atoms with E-state index in [4.69, 9.17) is 4.74 Å². The Kier molecular flexibility index (Phi) is 6.87. The zero-order valence-corrected chi connectivity index (χ0v) is 17.3. The highest BCUT2D eigenvalue weighted by molar-refractivity contribution is 7.99. The van der Waals surface area contributed by atoms with Crippen LogP contribution >= 0.6 is 11.8 Å². The fourth-order valence-electron chi connectivity index (χ4n) is 3.42. The van der Waals surface area contributed by atoms with Gasteiger partial charge in [0.05, 0.1) is 29.0 Å². The minimum Gasteiger partial charge on any atom is -0.381 e. The minimum atomic E-state index is -3.13. The molecule has 0 amide bonds.